The monoisotopic (exact) mass is 383 g/mol. The van der Waals surface area contributed by atoms with Crippen LogP contribution in [0.2, 0.25) is 5.02 Å². The van der Waals surface area contributed by atoms with E-state index in [1.54, 1.807) is 4.68 Å². The average molecular weight is 384 g/mol. The van der Waals surface area contributed by atoms with Crippen LogP contribution in [0.3, 0.4) is 0 Å². The Morgan fingerprint density at radius 1 is 1.24 bits per heavy atom. The summed E-state index contributed by atoms with van der Waals surface area (Å²) in [7, 11) is 0. The Morgan fingerprint density at radius 3 is 2.72 bits per heavy atom. The van der Waals surface area contributed by atoms with Crippen molar-refractivity contribution in [2.45, 2.75) is 26.2 Å². The second-order valence-electron chi connectivity index (χ2n) is 6.21. The number of hydrogen-bond donors (Lipinski definition) is 1. The van der Waals surface area contributed by atoms with Gasteiger partial charge in [0.15, 0.2) is 0 Å². The fraction of sp³-hybridized carbons (Fsp3) is 0.471. The van der Waals surface area contributed by atoms with Gasteiger partial charge in [-0.1, -0.05) is 37.6 Å². The van der Waals surface area contributed by atoms with E-state index in [4.69, 9.17) is 11.6 Å². The maximum atomic E-state index is 12.8. The van der Waals surface area contributed by atoms with Gasteiger partial charge in [0, 0.05) is 25.6 Å². The van der Waals surface area contributed by atoms with E-state index in [9.17, 15) is 4.79 Å². The molecule has 0 radical (unpaired) electrons. The molecule has 1 saturated heterocycles. The Kier molecular flexibility index (Phi) is 6.81. The van der Waals surface area contributed by atoms with Gasteiger partial charge >= 0.3 is 0 Å². The van der Waals surface area contributed by atoms with E-state index in [-0.39, 0.29) is 30.1 Å². The van der Waals surface area contributed by atoms with Crippen LogP contribution >= 0.6 is 24.0 Å². The second-order valence-corrected chi connectivity index (χ2v) is 6.61. The maximum absolute atomic E-state index is 12.8. The summed E-state index contributed by atoms with van der Waals surface area (Å²) in [5.74, 6) is 0.979. The van der Waals surface area contributed by atoms with Crippen LogP contribution in [-0.2, 0) is 0 Å². The molecular weight excluding hydrogens is 361 g/mol. The van der Waals surface area contributed by atoms with Crippen LogP contribution in [0.15, 0.2) is 24.3 Å². The SMILES string of the molecule is CC(C)c1nc(C(=O)N2CCCNCC2)nn1-c1ccccc1Cl.Cl. The van der Waals surface area contributed by atoms with Crippen molar-refractivity contribution >= 4 is 29.9 Å². The Morgan fingerprint density at radius 2 is 2.00 bits per heavy atom. The van der Waals surface area contributed by atoms with Gasteiger partial charge in [0.25, 0.3) is 5.91 Å². The molecule has 1 aliphatic heterocycles. The molecule has 0 atom stereocenters. The molecule has 8 heteroatoms. The Labute approximate surface area is 159 Å². The molecule has 6 nitrogen and oxygen atoms in total. The number of amides is 1. The van der Waals surface area contributed by atoms with Crippen LogP contribution in [-0.4, -0.2) is 51.8 Å². The summed E-state index contributed by atoms with van der Waals surface area (Å²) in [6, 6.07) is 7.46. The van der Waals surface area contributed by atoms with E-state index in [2.05, 4.69) is 15.4 Å². The van der Waals surface area contributed by atoms with Gasteiger partial charge in [-0.05, 0) is 25.1 Å². The normalized spacial score (nSPS) is 15.0. The lowest BCUT2D eigenvalue weighted by Gasteiger charge is -2.17. The van der Waals surface area contributed by atoms with Crippen LogP contribution in [0.4, 0.5) is 0 Å². The van der Waals surface area contributed by atoms with Gasteiger partial charge in [-0.3, -0.25) is 4.79 Å². The lowest BCUT2D eigenvalue weighted by atomic mass is 10.2. The predicted molar refractivity (Wildman–Crippen MR) is 101 cm³/mol. The molecule has 2 aromatic rings. The Balaban J connectivity index is 0.00000225. The number of carbonyl (C=O) groups excluding carboxylic acids is 1. The molecule has 2 heterocycles. The average Bonchev–Trinajstić information content (AvgIpc) is 2.83. The number of rotatable bonds is 3. The minimum absolute atomic E-state index is 0. The third-order valence-electron chi connectivity index (χ3n) is 4.05. The van der Waals surface area contributed by atoms with E-state index in [0.717, 1.165) is 37.6 Å². The largest absolute Gasteiger partial charge is 0.335 e. The van der Waals surface area contributed by atoms with Gasteiger partial charge in [-0.25, -0.2) is 9.67 Å². The molecule has 1 N–H and O–H groups in total. The minimum Gasteiger partial charge on any atom is -0.335 e. The number of halogens is 2. The zero-order valence-corrected chi connectivity index (χ0v) is 16.0. The molecule has 0 unspecified atom stereocenters. The fourth-order valence-electron chi connectivity index (χ4n) is 2.78. The summed E-state index contributed by atoms with van der Waals surface area (Å²) in [5.41, 5.74) is 0.743. The summed E-state index contributed by atoms with van der Waals surface area (Å²) < 4.78 is 1.69. The molecule has 136 valence electrons. The first-order valence-electron chi connectivity index (χ1n) is 8.30. The number of nitrogens with one attached hydrogen (secondary N) is 1. The summed E-state index contributed by atoms with van der Waals surface area (Å²) in [6.07, 6.45) is 0.938. The van der Waals surface area contributed by atoms with E-state index in [1.165, 1.54) is 0 Å². The van der Waals surface area contributed by atoms with Gasteiger partial charge in [0.05, 0.1) is 10.7 Å². The van der Waals surface area contributed by atoms with Crippen molar-refractivity contribution in [2.24, 2.45) is 0 Å². The standard InChI is InChI=1S/C17H22ClN5O.ClH/c1-12(2)16-20-15(17(24)22-10-5-8-19-9-11-22)21-23(16)14-7-4-3-6-13(14)18;/h3-4,6-7,12,19H,5,8-11H2,1-2H3;1H. The molecule has 0 aliphatic carbocycles. The summed E-state index contributed by atoms with van der Waals surface area (Å²) >= 11 is 6.30. The number of benzene rings is 1. The molecule has 1 fully saturated rings. The molecule has 1 amide bonds. The van der Waals surface area contributed by atoms with Crippen molar-refractivity contribution in [3.8, 4) is 5.69 Å². The lowest BCUT2D eigenvalue weighted by molar-refractivity contribution is 0.0754. The van der Waals surface area contributed by atoms with E-state index < -0.39 is 0 Å². The highest BCUT2D eigenvalue weighted by atomic mass is 35.5. The second kappa shape index (κ2) is 8.65. The summed E-state index contributed by atoms with van der Waals surface area (Å²) in [4.78, 5) is 19.1. The first-order valence-corrected chi connectivity index (χ1v) is 8.67. The quantitative estimate of drug-likeness (QED) is 0.884. The zero-order chi connectivity index (χ0) is 17.1. The van der Waals surface area contributed by atoms with Crippen LogP contribution in [0.25, 0.3) is 5.69 Å². The number of aromatic nitrogens is 3. The van der Waals surface area contributed by atoms with Crippen molar-refractivity contribution in [1.29, 1.82) is 0 Å². The highest BCUT2D eigenvalue weighted by Gasteiger charge is 2.24. The van der Waals surface area contributed by atoms with Gasteiger partial charge < -0.3 is 10.2 Å². The molecule has 0 spiro atoms. The van der Waals surface area contributed by atoms with Crippen molar-refractivity contribution in [1.82, 2.24) is 25.0 Å². The minimum atomic E-state index is -0.119. The lowest BCUT2D eigenvalue weighted by Crippen LogP contribution is -2.34. The molecule has 0 saturated carbocycles. The third-order valence-corrected chi connectivity index (χ3v) is 4.37. The van der Waals surface area contributed by atoms with Crippen molar-refractivity contribution < 1.29 is 4.79 Å². The number of carbonyl (C=O) groups is 1. The smallest absolute Gasteiger partial charge is 0.293 e. The molecule has 0 bridgehead atoms. The molecule has 25 heavy (non-hydrogen) atoms. The van der Waals surface area contributed by atoms with Gasteiger partial charge in [0.2, 0.25) is 5.82 Å². The topological polar surface area (TPSA) is 63.1 Å². The Bertz CT molecular complexity index is 724. The van der Waals surface area contributed by atoms with Gasteiger partial charge in [0.1, 0.15) is 5.82 Å². The zero-order valence-electron chi connectivity index (χ0n) is 14.4. The van der Waals surface area contributed by atoms with Crippen LogP contribution in [0.1, 0.15) is 42.6 Å². The fourth-order valence-corrected chi connectivity index (χ4v) is 3.00. The van der Waals surface area contributed by atoms with Crippen molar-refractivity contribution in [3.63, 3.8) is 0 Å². The van der Waals surface area contributed by atoms with Gasteiger partial charge in [-0.2, -0.15) is 0 Å². The molecular formula is C17H23Cl2N5O. The molecule has 1 aromatic carbocycles. The van der Waals surface area contributed by atoms with Crippen LogP contribution < -0.4 is 5.32 Å². The number of hydrogen-bond acceptors (Lipinski definition) is 4. The van der Waals surface area contributed by atoms with Crippen LogP contribution in [0.5, 0.6) is 0 Å². The van der Waals surface area contributed by atoms with Crippen LogP contribution in [0, 0.1) is 0 Å². The maximum Gasteiger partial charge on any atom is 0.293 e. The third kappa shape index (κ3) is 4.32. The van der Waals surface area contributed by atoms with E-state index >= 15 is 0 Å². The van der Waals surface area contributed by atoms with Crippen molar-refractivity contribution in [3.05, 3.63) is 40.9 Å². The number of nitrogens with zero attached hydrogens (tertiary/aromatic N) is 4. The highest BCUT2D eigenvalue weighted by molar-refractivity contribution is 6.32. The number of para-hydroxylation sites is 1. The molecule has 1 aliphatic rings. The first kappa shape index (κ1) is 19.7. The summed E-state index contributed by atoms with van der Waals surface area (Å²) in [6.45, 7) is 7.19. The highest BCUT2D eigenvalue weighted by Crippen LogP contribution is 2.24. The van der Waals surface area contributed by atoms with E-state index in [1.807, 2.05) is 43.0 Å². The van der Waals surface area contributed by atoms with Crippen molar-refractivity contribution in [2.75, 3.05) is 26.2 Å². The molecule has 3 rings (SSSR count). The molecule has 1 aromatic heterocycles. The Hall–Kier alpha value is -1.63. The van der Waals surface area contributed by atoms with Gasteiger partial charge in [-0.15, -0.1) is 17.5 Å². The predicted octanol–water partition coefficient (Wildman–Crippen LogP) is 2.90. The first-order chi connectivity index (χ1) is 11.6. The summed E-state index contributed by atoms with van der Waals surface area (Å²) in [5, 5.41) is 8.36. The van der Waals surface area contributed by atoms with E-state index in [0.29, 0.717) is 11.6 Å².